The Labute approximate surface area is 246 Å². The zero-order valence-electron chi connectivity index (χ0n) is 22.5. The third kappa shape index (κ3) is 4.94. The highest BCUT2D eigenvalue weighted by molar-refractivity contribution is 7.48. The first-order chi connectivity index (χ1) is 21.2. The molecule has 3 aliphatic heterocycles. The van der Waals surface area contributed by atoms with Gasteiger partial charge in [-0.25, -0.2) is 38.9 Å². The molecule has 6 unspecified atom stereocenters. The zero-order chi connectivity index (χ0) is 30.7. The van der Waals surface area contributed by atoms with Crippen molar-refractivity contribution < 1.29 is 50.7 Å². The van der Waals surface area contributed by atoms with Crippen molar-refractivity contribution in [3.8, 4) is 0 Å². The molecule has 7 rings (SSSR count). The first-order valence-corrected chi connectivity index (χ1v) is 15.7. The molecule has 2 bridgehead atoms. The standard InChI is InChI=1S/C21H25FN10O10P2/c1-36-44(35)38-3-8-13(33)15(21(39-8)32-7-30-12-17(24)26-5-28-19(12)32)41-43(34)37-2-9-14(42-44)10(22)20(40-9)31-6-29-11-16(23)25-4-27-18(11)31/h4-10,13-15,20-21,33,43H,2-3H2,1H3,(H2,23,25,27)(H2,24,26,28)/t8-,9?,10+,13?,14+,15?,20-,21?,44?/m1/s1. The van der Waals surface area contributed by atoms with Crippen LogP contribution in [-0.4, -0.2) is 101 Å². The summed E-state index contributed by atoms with van der Waals surface area (Å²) in [4.78, 5) is 24.3. The number of halogens is 1. The lowest BCUT2D eigenvalue weighted by atomic mass is 10.1. The molecule has 3 saturated heterocycles. The van der Waals surface area contributed by atoms with E-state index in [0.29, 0.717) is 0 Å². The van der Waals surface area contributed by atoms with Crippen molar-refractivity contribution in [2.45, 2.75) is 49.1 Å². The van der Waals surface area contributed by atoms with Crippen molar-refractivity contribution in [1.29, 1.82) is 0 Å². The second kappa shape index (κ2) is 11.3. The lowest BCUT2D eigenvalue weighted by Crippen LogP contribution is -2.35. The van der Waals surface area contributed by atoms with Crippen LogP contribution in [0.4, 0.5) is 16.0 Å². The number of nitrogens with two attached hydrogens (primary N) is 2. The van der Waals surface area contributed by atoms with Crippen molar-refractivity contribution in [3.63, 3.8) is 0 Å². The Morgan fingerprint density at radius 2 is 1.57 bits per heavy atom. The number of imidazole rings is 2. The summed E-state index contributed by atoms with van der Waals surface area (Å²) >= 11 is 0. The van der Waals surface area contributed by atoms with Crippen LogP contribution in [0.5, 0.6) is 0 Å². The second-order valence-corrected chi connectivity index (χ2v) is 12.6. The van der Waals surface area contributed by atoms with E-state index < -0.39 is 78.4 Å². The normalized spacial score (nSPS) is 36.6. The van der Waals surface area contributed by atoms with Crippen molar-refractivity contribution in [3.05, 3.63) is 25.3 Å². The van der Waals surface area contributed by atoms with Crippen molar-refractivity contribution in [2.75, 3.05) is 31.8 Å². The Hall–Kier alpha value is -3.23. The van der Waals surface area contributed by atoms with Crippen LogP contribution in [0.15, 0.2) is 25.3 Å². The largest absolute Gasteiger partial charge is 0.475 e. The number of hydrogen-bond acceptors (Lipinski definition) is 18. The number of phosphoric acid groups is 1. The quantitative estimate of drug-likeness (QED) is 0.250. The third-order valence-electron chi connectivity index (χ3n) is 7.37. The van der Waals surface area contributed by atoms with Gasteiger partial charge >= 0.3 is 16.1 Å². The molecule has 0 radical (unpaired) electrons. The van der Waals surface area contributed by atoms with Crippen LogP contribution >= 0.6 is 16.1 Å². The minimum Gasteiger partial charge on any atom is -0.387 e. The monoisotopic (exact) mass is 658 g/mol. The first-order valence-electron chi connectivity index (χ1n) is 13.0. The number of aromatic nitrogens is 8. The number of phosphoric ester groups is 1. The highest BCUT2D eigenvalue weighted by atomic mass is 31.2. The van der Waals surface area contributed by atoms with E-state index >= 15 is 4.39 Å². The molecule has 236 valence electrons. The molecule has 0 aromatic carbocycles. The molecule has 20 nitrogen and oxygen atoms in total. The predicted octanol–water partition coefficient (Wildman–Crippen LogP) is 0.286. The molecule has 0 amide bonds. The maximum absolute atomic E-state index is 16.0. The van der Waals surface area contributed by atoms with Crippen LogP contribution in [0.3, 0.4) is 0 Å². The average Bonchev–Trinajstić information content (AvgIpc) is 3.77. The van der Waals surface area contributed by atoms with Crippen molar-refractivity contribution in [2.24, 2.45) is 0 Å². The summed E-state index contributed by atoms with van der Waals surface area (Å²) in [5.74, 6) is 0.159. The van der Waals surface area contributed by atoms with Gasteiger partial charge < -0.3 is 30.6 Å². The minimum absolute atomic E-state index is 0.0641. The molecule has 3 fully saturated rings. The van der Waals surface area contributed by atoms with Gasteiger partial charge in [0.05, 0.1) is 25.9 Å². The van der Waals surface area contributed by atoms with E-state index in [9.17, 15) is 14.2 Å². The van der Waals surface area contributed by atoms with Gasteiger partial charge in [-0.15, -0.1) is 0 Å². The fraction of sp³-hybridized carbons (Fsp3) is 0.524. The molecule has 4 aromatic rings. The number of fused-ring (bicyclic) bond motifs is 5. The van der Waals surface area contributed by atoms with Gasteiger partial charge in [-0.2, -0.15) is 0 Å². The van der Waals surface area contributed by atoms with Crippen LogP contribution in [0.1, 0.15) is 12.5 Å². The predicted molar refractivity (Wildman–Crippen MR) is 143 cm³/mol. The van der Waals surface area contributed by atoms with E-state index in [4.69, 9.17) is 43.6 Å². The number of rotatable bonds is 3. The summed E-state index contributed by atoms with van der Waals surface area (Å²) < 4.78 is 84.4. The molecule has 23 heteroatoms. The van der Waals surface area contributed by atoms with Crippen LogP contribution in [0.2, 0.25) is 0 Å². The van der Waals surface area contributed by atoms with Gasteiger partial charge in [0.1, 0.15) is 54.2 Å². The van der Waals surface area contributed by atoms with Gasteiger partial charge in [-0.1, -0.05) is 0 Å². The Morgan fingerprint density at radius 1 is 0.955 bits per heavy atom. The summed E-state index contributed by atoms with van der Waals surface area (Å²) in [5.41, 5.74) is 12.6. The van der Waals surface area contributed by atoms with Crippen LogP contribution < -0.4 is 11.5 Å². The minimum atomic E-state index is -4.53. The van der Waals surface area contributed by atoms with E-state index in [1.54, 1.807) is 0 Å². The third-order valence-corrected chi connectivity index (χ3v) is 9.65. The molecule has 0 saturated carbocycles. The van der Waals surface area contributed by atoms with Gasteiger partial charge in [-0.3, -0.25) is 31.8 Å². The molecular weight excluding hydrogens is 633 g/mol. The molecule has 7 heterocycles. The summed E-state index contributed by atoms with van der Waals surface area (Å²) in [6.45, 7) is -1.13. The lowest BCUT2D eigenvalue weighted by Gasteiger charge is -2.25. The number of nitrogen functional groups attached to an aromatic ring is 2. The van der Waals surface area contributed by atoms with Crippen LogP contribution in [0.25, 0.3) is 22.3 Å². The molecule has 10 atom stereocenters. The number of alkyl halides is 1. The Kier molecular flexibility index (Phi) is 7.56. The second-order valence-electron chi connectivity index (χ2n) is 9.87. The summed E-state index contributed by atoms with van der Waals surface area (Å²) in [5, 5.41) is 11.1. The number of anilines is 2. The van der Waals surface area contributed by atoms with E-state index in [1.807, 2.05) is 0 Å². The smallest absolute Gasteiger partial charge is 0.387 e. The Morgan fingerprint density at radius 3 is 2.20 bits per heavy atom. The SMILES string of the molecule is COP1(=O)OC[C@H]2OC(n3cnc4c(N)ncnc43)C(O[PH](=O)OCC3O[C@@H](n4cnc5c(N)ncnc54)[C@@H](F)[C@H]3O1)C2O. The molecule has 4 aromatic heterocycles. The Bertz CT molecular complexity index is 1780. The highest BCUT2D eigenvalue weighted by Crippen LogP contribution is 2.54. The molecule has 3 aliphatic rings. The Balaban J connectivity index is 1.19. The number of nitrogens with zero attached hydrogens (tertiary/aromatic N) is 8. The van der Waals surface area contributed by atoms with E-state index in [1.165, 1.54) is 34.4 Å². The lowest BCUT2D eigenvalue weighted by molar-refractivity contribution is -0.0625. The van der Waals surface area contributed by atoms with Gasteiger partial charge in [0, 0.05) is 7.11 Å². The van der Waals surface area contributed by atoms with E-state index in [0.717, 1.165) is 7.11 Å². The first kappa shape index (κ1) is 29.5. The topological polar surface area (TPSA) is 258 Å². The van der Waals surface area contributed by atoms with Gasteiger partial charge in [0.25, 0.3) is 0 Å². The summed E-state index contributed by atoms with van der Waals surface area (Å²) in [6.07, 6.45) is -6.58. The number of hydrogen-bond donors (Lipinski definition) is 3. The molecule has 0 aliphatic carbocycles. The molecule has 0 spiro atoms. The average molecular weight is 658 g/mol. The maximum Gasteiger partial charge on any atom is 0.475 e. The van der Waals surface area contributed by atoms with Crippen LogP contribution in [0, 0.1) is 0 Å². The summed E-state index contributed by atoms with van der Waals surface area (Å²) in [6, 6.07) is 0. The van der Waals surface area contributed by atoms with Gasteiger partial charge in [-0.05, 0) is 0 Å². The zero-order valence-corrected chi connectivity index (χ0v) is 24.4. The summed E-state index contributed by atoms with van der Waals surface area (Å²) in [7, 11) is -6.91. The number of ether oxygens (including phenoxy) is 2. The van der Waals surface area contributed by atoms with Crippen molar-refractivity contribution in [1.82, 2.24) is 39.0 Å². The van der Waals surface area contributed by atoms with Gasteiger partial charge in [0.15, 0.2) is 41.6 Å². The molecule has 44 heavy (non-hydrogen) atoms. The maximum atomic E-state index is 16.0. The van der Waals surface area contributed by atoms with E-state index in [-0.39, 0.29) is 34.0 Å². The van der Waals surface area contributed by atoms with Gasteiger partial charge in [0.2, 0.25) is 0 Å². The van der Waals surface area contributed by atoms with E-state index in [2.05, 4.69) is 29.9 Å². The number of aliphatic hydroxyl groups excluding tert-OH is 1. The fourth-order valence-electron chi connectivity index (χ4n) is 5.23. The molecule has 5 N–H and O–H groups in total. The highest BCUT2D eigenvalue weighted by Gasteiger charge is 2.53. The van der Waals surface area contributed by atoms with Crippen molar-refractivity contribution >= 4 is 50.0 Å². The van der Waals surface area contributed by atoms with Crippen LogP contribution in [-0.2, 0) is 41.2 Å². The number of aliphatic hydroxyl groups is 1. The fourth-order valence-corrected chi connectivity index (χ4v) is 7.21. The molecular formula is C21H25FN10O10P2.